The van der Waals surface area contributed by atoms with Gasteiger partial charge in [0.05, 0.1) is 7.11 Å². The molecule has 2 atom stereocenters. The van der Waals surface area contributed by atoms with E-state index in [4.69, 9.17) is 4.74 Å². The van der Waals surface area contributed by atoms with Gasteiger partial charge in [0.2, 0.25) is 0 Å². The van der Waals surface area contributed by atoms with E-state index in [1.807, 2.05) is 6.07 Å². The van der Waals surface area contributed by atoms with Crippen LogP contribution in [0.15, 0.2) is 54.6 Å². The van der Waals surface area contributed by atoms with Crippen LogP contribution in [0, 0.1) is 0 Å². The van der Waals surface area contributed by atoms with Gasteiger partial charge in [-0.1, -0.05) is 49.4 Å². The van der Waals surface area contributed by atoms with Gasteiger partial charge in [0.25, 0.3) is 0 Å². The third-order valence-corrected chi connectivity index (χ3v) is 4.17. The molecule has 3 rings (SSSR count). The maximum absolute atomic E-state index is 5.31. The number of ether oxygens (including phenoxy) is 1. The van der Waals surface area contributed by atoms with Crippen LogP contribution < -0.4 is 4.74 Å². The van der Waals surface area contributed by atoms with Crippen molar-refractivity contribution in [3.05, 3.63) is 65.7 Å². The first kappa shape index (κ1) is 11.3. The lowest BCUT2D eigenvalue weighted by molar-refractivity contribution is 0.414. The minimum Gasteiger partial charge on any atom is -0.497 e. The van der Waals surface area contributed by atoms with Gasteiger partial charge in [0, 0.05) is 0 Å². The number of hydrogen-bond acceptors (Lipinski definition) is 1. The molecule has 1 saturated carbocycles. The summed E-state index contributed by atoms with van der Waals surface area (Å²) in [6.07, 6.45) is 1.23. The Bertz CT molecular complexity index is 547. The van der Waals surface area contributed by atoms with Crippen molar-refractivity contribution in [2.75, 3.05) is 7.11 Å². The molecule has 1 heteroatoms. The van der Waals surface area contributed by atoms with Gasteiger partial charge in [0.15, 0.2) is 0 Å². The molecule has 0 heterocycles. The summed E-state index contributed by atoms with van der Waals surface area (Å²) in [4.78, 5) is 0. The van der Waals surface area contributed by atoms with Gasteiger partial charge in [0.1, 0.15) is 5.75 Å². The SMILES string of the molecule is COc1cccc([C@H]2C[C@]2(C)c2ccccc2)c1. The molecule has 0 aromatic heterocycles. The van der Waals surface area contributed by atoms with Gasteiger partial charge in [-0.15, -0.1) is 0 Å². The van der Waals surface area contributed by atoms with Gasteiger partial charge in [-0.3, -0.25) is 0 Å². The standard InChI is InChI=1S/C17H18O/c1-17(14-8-4-3-5-9-14)12-16(17)13-7-6-10-15(11-13)18-2/h3-11,16H,12H2,1-2H3/t16-,17-/m1/s1. The van der Waals surface area contributed by atoms with E-state index in [1.54, 1.807) is 7.11 Å². The van der Waals surface area contributed by atoms with Crippen molar-refractivity contribution >= 4 is 0 Å². The Balaban J connectivity index is 1.89. The Hall–Kier alpha value is -1.76. The molecule has 0 amide bonds. The topological polar surface area (TPSA) is 9.23 Å². The van der Waals surface area contributed by atoms with Gasteiger partial charge in [-0.25, -0.2) is 0 Å². The monoisotopic (exact) mass is 238 g/mol. The van der Waals surface area contributed by atoms with Crippen LogP contribution in [0.4, 0.5) is 0 Å². The molecule has 1 aliphatic rings. The molecule has 1 aliphatic carbocycles. The third kappa shape index (κ3) is 1.80. The van der Waals surface area contributed by atoms with E-state index in [0.717, 1.165) is 5.75 Å². The van der Waals surface area contributed by atoms with Gasteiger partial charge < -0.3 is 4.74 Å². The number of benzene rings is 2. The van der Waals surface area contributed by atoms with Crippen LogP contribution in [0.3, 0.4) is 0 Å². The molecule has 1 nitrogen and oxygen atoms in total. The molecule has 0 unspecified atom stereocenters. The molecule has 0 bridgehead atoms. The van der Waals surface area contributed by atoms with E-state index in [2.05, 4.69) is 55.5 Å². The highest BCUT2D eigenvalue weighted by Crippen LogP contribution is 2.60. The molecular formula is C17H18O. The van der Waals surface area contributed by atoms with E-state index < -0.39 is 0 Å². The molecule has 0 radical (unpaired) electrons. The predicted octanol–water partition coefficient (Wildman–Crippen LogP) is 4.14. The van der Waals surface area contributed by atoms with Crippen LogP contribution in [0.5, 0.6) is 5.75 Å². The van der Waals surface area contributed by atoms with Crippen molar-refractivity contribution < 1.29 is 4.74 Å². The lowest BCUT2D eigenvalue weighted by Crippen LogP contribution is -2.03. The normalized spacial score (nSPS) is 25.8. The van der Waals surface area contributed by atoms with Crippen LogP contribution >= 0.6 is 0 Å². The Kier molecular flexibility index (Phi) is 2.62. The van der Waals surface area contributed by atoms with Crippen molar-refractivity contribution in [1.82, 2.24) is 0 Å². The Labute approximate surface area is 108 Å². The van der Waals surface area contributed by atoms with E-state index in [9.17, 15) is 0 Å². The maximum Gasteiger partial charge on any atom is 0.119 e. The van der Waals surface area contributed by atoms with Crippen molar-refractivity contribution in [2.24, 2.45) is 0 Å². The Morgan fingerprint density at radius 1 is 1.06 bits per heavy atom. The third-order valence-electron chi connectivity index (χ3n) is 4.17. The first-order valence-corrected chi connectivity index (χ1v) is 6.43. The lowest BCUT2D eigenvalue weighted by atomic mass is 9.93. The summed E-state index contributed by atoms with van der Waals surface area (Å²) in [6, 6.07) is 19.3. The van der Waals surface area contributed by atoms with Gasteiger partial charge in [-0.05, 0) is 41.0 Å². The zero-order valence-electron chi connectivity index (χ0n) is 10.9. The summed E-state index contributed by atoms with van der Waals surface area (Å²) < 4.78 is 5.31. The molecule has 0 aliphatic heterocycles. The van der Waals surface area contributed by atoms with Crippen molar-refractivity contribution in [3.63, 3.8) is 0 Å². The summed E-state index contributed by atoms with van der Waals surface area (Å²) in [5, 5.41) is 0. The lowest BCUT2D eigenvalue weighted by Gasteiger charge is -2.12. The van der Waals surface area contributed by atoms with Crippen molar-refractivity contribution in [1.29, 1.82) is 0 Å². The van der Waals surface area contributed by atoms with Crippen molar-refractivity contribution in [3.8, 4) is 5.75 Å². The molecule has 0 spiro atoms. The smallest absolute Gasteiger partial charge is 0.119 e. The highest BCUT2D eigenvalue weighted by Gasteiger charge is 2.51. The molecular weight excluding hydrogens is 220 g/mol. The molecule has 92 valence electrons. The second-order valence-corrected chi connectivity index (χ2v) is 5.32. The highest BCUT2D eigenvalue weighted by atomic mass is 16.5. The zero-order chi connectivity index (χ0) is 12.6. The summed E-state index contributed by atoms with van der Waals surface area (Å²) in [7, 11) is 1.72. The fourth-order valence-corrected chi connectivity index (χ4v) is 2.85. The molecule has 2 aromatic carbocycles. The van der Waals surface area contributed by atoms with Crippen LogP contribution in [0.1, 0.15) is 30.4 Å². The van der Waals surface area contributed by atoms with Gasteiger partial charge >= 0.3 is 0 Å². The molecule has 0 N–H and O–H groups in total. The number of methoxy groups -OCH3 is 1. The molecule has 18 heavy (non-hydrogen) atoms. The van der Waals surface area contributed by atoms with Crippen LogP contribution in [-0.2, 0) is 5.41 Å². The predicted molar refractivity (Wildman–Crippen MR) is 74.1 cm³/mol. The first-order valence-electron chi connectivity index (χ1n) is 6.43. The second kappa shape index (κ2) is 4.16. The number of hydrogen-bond donors (Lipinski definition) is 0. The van der Waals surface area contributed by atoms with Crippen LogP contribution in [0.2, 0.25) is 0 Å². The minimum absolute atomic E-state index is 0.299. The fourth-order valence-electron chi connectivity index (χ4n) is 2.85. The average Bonchev–Trinajstić information content (AvgIpc) is 3.14. The molecule has 1 fully saturated rings. The maximum atomic E-state index is 5.31. The van der Waals surface area contributed by atoms with E-state index in [-0.39, 0.29) is 0 Å². The highest BCUT2D eigenvalue weighted by molar-refractivity contribution is 5.44. The number of rotatable bonds is 3. The van der Waals surface area contributed by atoms with Crippen molar-refractivity contribution in [2.45, 2.75) is 24.7 Å². The summed E-state index contributed by atoms with van der Waals surface area (Å²) in [5.74, 6) is 1.57. The zero-order valence-corrected chi connectivity index (χ0v) is 10.9. The van der Waals surface area contributed by atoms with Crippen LogP contribution in [-0.4, -0.2) is 7.11 Å². The Morgan fingerprint density at radius 2 is 1.83 bits per heavy atom. The quantitative estimate of drug-likeness (QED) is 0.781. The van der Waals surface area contributed by atoms with E-state index >= 15 is 0 Å². The van der Waals surface area contributed by atoms with Gasteiger partial charge in [-0.2, -0.15) is 0 Å². The average molecular weight is 238 g/mol. The second-order valence-electron chi connectivity index (χ2n) is 5.32. The minimum atomic E-state index is 0.299. The fraction of sp³-hybridized carbons (Fsp3) is 0.294. The van der Waals surface area contributed by atoms with E-state index in [1.165, 1.54) is 17.5 Å². The first-order chi connectivity index (χ1) is 8.74. The van der Waals surface area contributed by atoms with E-state index in [0.29, 0.717) is 11.3 Å². The summed E-state index contributed by atoms with van der Waals surface area (Å²) in [6.45, 7) is 2.35. The van der Waals surface area contributed by atoms with Crippen LogP contribution in [0.25, 0.3) is 0 Å². The largest absolute Gasteiger partial charge is 0.497 e. The Morgan fingerprint density at radius 3 is 2.56 bits per heavy atom. The summed E-state index contributed by atoms with van der Waals surface area (Å²) in [5.41, 5.74) is 3.13. The molecule has 2 aromatic rings. The molecule has 0 saturated heterocycles. The summed E-state index contributed by atoms with van der Waals surface area (Å²) >= 11 is 0.